The molecule has 0 spiro atoms. The number of rotatable bonds is 5. The van der Waals surface area contributed by atoms with E-state index in [0.717, 1.165) is 18.8 Å². The van der Waals surface area contributed by atoms with E-state index in [1.165, 1.54) is 5.56 Å². The van der Waals surface area contributed by atoms with Crippen molar-refractivity contribution in [3.8, 4) is 5.75 Å². The fourth-order valence-electron chi connectivity index (χ4n) is 2.52. The topological polar surface area (TPSA) is 49.8 Å². The SMILES string of the molecule is CCOc1cccc(CN2CCC(C)(C(=O)O)C2)c1. The summed E-state index contributed by atoms with van der Waals surface area (Å²) < 4.78 is 5.48. The summed E-state index contributed by atoms with van der Waals surface area (Å²) in [4.78, 5) is 13.4. The van der Waals surface area contributed by atoms with E-state index in [0.29, 0.717) is 19.6 Å². The van der Waals surface area contributed by atoms with Gasteiger partial charge in [0, 0.05) is 13.1 Å². The van der Waals surface area contributed by atoms with Crippen LogP contribution in [0.15, 0.2) is 24.3 Å². The van der Waals surface area contributed by atoms with Crippen molar-refractivity contribution < 1.29 is 14.6 Å². The number of hydrogen-bond acceptors (Lipinski definition) is 3. The van der Waals surface area contributed by atoms with Gasteiger partial charge in [-0.25, -0.2) is 0 Å². The lowest BCUT2D eigenvalue weighted by atomic mass is 9.90. The predicted octanol–water partition coefficient (Wildman–Crippen LogP) is 2.38. The Morgan fingerprint density at radius 1 is 1.53 bits per heavy atom. The number of benzene rings is 1. The van der Waals surface area contributed by atoms with Gasteiger partial charge in [-0.15, -0.1) is 0 Å². The summed E-state index contributed by atoms with van der Waals surface area (Å²) in [6.45, 7) is 6.67. The Morgan fingerprint density at radius 2 is 2.32 bits per heavy atom. The second-order valence-electron chi connectivity index (χ2n) is 5.41. The van der Waals surface area contributed by atoms with Crippen LogP contribution in [-0.2, 0) is 11.3 Å². The van der Waals surface area contributed by atoms with E-state index in [2.05, 4.69) is 11.0 Å². The first-order chi connectivity index (χ1) is 9.03. The molecule has 1 fully saturated rings. The monoisotopic (exact) mass is 263 g/mol. The third-order valence-corrected chi connectivity index (χ3v) is 3.68. The van der Waals surface area contributed by atoms with Gasteiger partial charge >= 0.3 is 5.97 Å². The summed E-state index contributed by atoms with van der Waals surface area (Å²) in [5.74, 6) is 0.179. The molecule has 0 bridgehead atoms. The molecule has 1 aromatic rings. The summed E-state index contributed by atoms with van der Waals surface area (Å²) in [6.07, 6.45) is 0.716. The number of aliphatic carboxylic acids is 1. The third-order valence-electron chi connectivity index (χ3n) is 3.68. The molecule has 0 saturated carbocycles. The molecular formula is C15H21NO3. The molecule has 0 aromatic heterocycles. The highest BCUT2D eigenvalue weighted by atomic mass is 16.5. The Balaban J connectivity index is 1.99. The van der Waals surface area contributed by atoms with Crippen molar-refractivity contribution >= 4 is 5.97 Å². The quantitative estimate of drug-likeness (QED) is 0.886. The van der Waals surface area contributed by atoms with E-state index in [1.807, 2.05) is 32.0 Å². The molecule has 0 radical (unpaired) electrons. The first-order valence-corrected chi connectivity index (χ1v) is 6.71. The van der Waals surface area contributed by atoms with Gasteiger partial charge in [-0.05, 0) is 44.5 Å². The van der Waals surface area contributed by atoms with E-state index in [-0.39, 0.29) is 0 Å². The van der Waals surface area contributed by atoms with Gasteiger partial charge in [0.05, 0.1) is 12.0 Å². The molecule has 2 rings (SSSR count). The zero-order valence-corrected chi connectivity index (χ0v) is 11.6. The molecule has 1 aliphatic rings. The van der Waals surface area contributed by atoms with Crippen LogP contribution in [0.2, 0.25) is 0 Å². The Bertz CT molecular complexity index is 460. The minimum Gasteiger partial charge on any atom is -0.494 e. The molecular weight excluding hydrogens is 242 g/mol. The number of likely N-dealkylation sites (tertiary alicyclic amines) is 1. The lowest BCUT2D eigenvalue weighted by Crippen LogP contribution is -2.31. The molecule has 1 aliphatic heterocycles. The van der Waals surface area contributed by atoms with Crippen molar-refractivity contribution in [3.63, 3.8) is 0 Å². The van der Waals surface area contributed by atoms with Crippen LogP contribution in [0.1, 0.15) is 25.8 Å². The van der Waals surface area contributed by atoms with Crippen molar-refractivity contribution in [1.82, 2.24) is 4.90 Å². The summed E-state index contributed by atoms with van der Waals surface area (Å²) in [5.41, 5.74) is 0.568. The maximum absolute atomic E-state index is 11.2. The second-order valence-corrected chi connectivity index (χ2v) is 5.41. The number of nitrogens with zero attached hydrogens (tertiary/aromatic N) is 1. The zero-order valence-electron chi connectivity index (χ0n) is 11.6. The molecule has 4 nitrogen and oxygen atoms in total. The smallest absolute Gasteiger partial charge is 0.310 e. The van der Waals surface area contributed by atoms with E-state index in [9.17, 15) is 9.90 Å². The van der Waals surface area contributed by atoms with Gasteiger partial charge in [0.1, 0.15) is 5.75 Å². The third kappa shape index (κ3) is 3.26. The lowest BCUT2D eigenvalue weighted by molar-refractivity contribution is -0.147. The Labute approximate surface area is 114 Å². The zero-order chi connectivity index (χ0) is 13.9. The molecule has 0 aliphatic carbocycles. The molecule has 4 heteroatoms. The minimum absolute atomic E-state index is 0.600. The summed E-state index contributed by atoms with van der Waals surface area (Å²) >= 11 is 0. The number of carbonyl (C=O) groups is 1. The van der Waals surface area contributed by atoms with Crippen LogP contribution in [0.5, 0.6) is 5.75 Å². The fourth-order valence-corrected chi connectivity index (χ4v) is 2.52. The van der Waals surface area contributed by atoms with Crippen LogP contribution in [-0.4, -0.2) is 35.7 Å². The highest BCUT2D eigenvalue weighted by Gasteiger charge is 2.40. The van der Waals surface area contributed by atoms with Crippen LogP contribution in [0.3, 0.4) is 0 Å². The van der Waals surface area contributed by atoms with Crippen molar-refractivity contribution in [2.75, 3.05) is 19.7 Å². The van der Waals surface area contributed by atoms with Crippen molar-refractivity contribution in [1.29, 1.82) is 0 Å². The van der Waals surface area contributed by atoms with Crippen molar-refractivity contribution in [2.45, 2.75) is 26.8 Å². The predicted molar refractivity (Wildman–Crippen MR) is 73.2 cm³/mol. The molecule has 1 aromatic carbocycles. The average molecular weight is 263 g/mol. The van der Waals surface area contributed by atoms with Gasteiger partial charge in [0.15, 0.2) is 0 Å². The Kier molecular flexibility index (Phi) is 4.10. The summed E-state index contributed by atoms with van der Waals surface area (Å²) in [6, 6.07) is 8.00. The highest BCUT2D eigenvalue weighted by molar-refractivity contribution is 5.74. The van der Waals surface area contributed by atoms with E-state index >= 15 is 0 Å². The maximum atomic E-state index is 11.2. The first kappa shape index (κ1) is 13.9. The molecule has 1 heterocycles. The van der Waals surface area contributed by atoms with Crippen LogP contribution in [0.25, 0.3) is 0 Å². The molecule has 1 saturated heterocycles. The average Bonchev–Trinajstić information content (AvgIpc) is 2.73. The Hall–Kier alpha value is -1.55. The van der Waals surface area contributed by atoms with Crippen molar-refractivity contribution in [3.05, 3.63) is 29.8 Å². The molecule has 19 heavy (non-hydrogen) atoms. The Morgan fingerprint density at radius 3 is 2.95 bits per heavy atom. The molecule has 0 amide bonds. The van der Waals surface area contributed by atoms with E-state index in [4.69, 9.17) is 4.74 Å². The number of carboxylic acids is 1. The standard InChI is InChI=1S/C15H21NO3/c1-3-19-13-6-4-5-12(9-13)10-16-8-7-15(2,11-16)14(17)18/h4-6,9H,3,7-8,10-11H2,1-2H3,(H,17,18). The largest absolute Gasteiger partial charge is 0.494 e. The molecule has 104 valence electrons. The maximum Gasteiger partial charge on any atom is 0.310 e. The van der Waals surface area contributed by atoms with Gasteiger partial charge in [-0.1, -0.05) is 12.1 Å². The van der Waals surface area contributed by atoms with Gasteiger partial charge in [0.25, 0.3) is 0 Å². The number of carboxylic acid groups (broad SMARTS) is 1. The first-order valence-electron chi connectivity index (χ1n) is 6.71. The number of ether oxygens (including phenoxy) is 1. The summed E-state index contributed by atoms with van der Waals surface area (Å²) in [7, 11) is 0. The number of hydrogen-bond donors (Lipinski definition) is 1. The van der Waals surface area contributed by atoms with Gasteiger partial charge in [-0.3, -0.25) is 9.69 Å². The van der Waals surface area contributed by atoms with E-state index < -0.39 is 11.4 Å². The van der Waals surface area contributed by atoms with Crippen LogP contribution in [0, 0.1) is 5.41 Å². The summed E-state index contributed by atoms with van der Waals surface area (Å²) in [5, 5.41) is 9.22. The van der Waals surface area contributed by atoms with Gasteiger partial charge in [-0.2, -0.15) is 0 Å². The molecule has 1 unspecified atom stereocenters. The lowest BCUT2D eigenvalue weighted by Gasteiger charge is -2.20. The van der Waals surface area contributed by atoms with E-state index in [1.54, 1.807) is 0 Å². The normalized spacial score (nSPS) is 23.5. The van der Waals surface area contributed by atoms with Crippen LogP contribution >= 0.6 is 0 Å². The van der Waals surface area contributed by atoms with Crippen molar-refractivity contribution in [2.24, 2.45) is 5.41 Å². The fraction of sp³-hybridized carbons (Fsp3) is 0.533. The van der Waals surface area contributed by atoms with Gasteiger partial charge < -0.3 is 9.84 Å². The molecule has 1 N–H and O–H groups in total. The van der Waals surface area contributed by atoms with Crippen LogP contribution < -0.4 is 4.74 Å². The van der Waals surface area contributed by atoms with Crippen LogP contribution in [0.4, 0.5) is 0 Å². The second kappa shape index (κ2) is 5.61. The van der Waals surface area contributed by atoms with Gasteiger partial charge in [0.2, 0.25) is 0 Å². The molecule has 1 atom stereocenters. The minimum atomic E-state index is -0.696. The highest BCUT2D eigenvalue weighted by Crippen LogP contribution is 2.31.